The van der Waals surface area contributed by atoms with Crippen molar-refractivity contribution in [3.63, 3.8) is 0 Å². The number of benzene rings is 1. The summed E-state index contributed by atoms with van der Waals surface area (Å²) in [5.41, 5.74) is 9.15. The van der Waals surface area contributed by atoms with E-state index in [4.69, 9.17) is 10.5 Å². The van der Waals surface area contributed by atoms with Crippen molar-refractivity contribution in [2.45, 2.75) is 19.3 Å². The molecule has 0 aliphatic carbocycles. The predicted molar refractivity (Wildman–Crippen MR) is 83.2 cm³/mol. The average Bonchev–Trinajstić information content (AvgIpc) is 2.86. The van der Waals surface area contributed by atoms with Crippen LogP contribution in [0.1, 0.15) is 23.6 Å². The van der Waals surface area contributed by atoms with Gasteiger partial charge >= 0.3 is 0 Å². The topological polar surface area (TPSA) is 64.3 Å². The summed E-state index contributed by atoms with van der Waals surface area (Å²) >= 11 is 0. The lowest BCUT2D eigenvalue weighted by Gasteiger charge is -2.18. The average molecular weight is 284 g/mol. The first-order valence-electron chi connectivity index (χ1n) is 7.19. The highest BCUT2D eigenvalue weighted by Crippen LogP contribution is 2.41. The second kappa shape index (κ2) is 5.69. The third kappa shape index (κ3) is 2.56. The Labute approximate surface area is 124 Å². The molecule has 5 nitrogen and oxygen atoms in total. The van der Waals surface area contributed by atoms with Crippen LogP contribution < -0.4 is 15.4 Å². The third-order valence-corrected chi connectivity index (χ3v) is 3.85. The lowest BCUT2D eigenvalue weighted by Crippen LogP contribution is -2.20. The molecule has 110 valence electrons. The largest absolute Gasteiger partial charge is 0.481 e. The van der Waals surface area contributed by atoms with E-state index in [9.17, 15) is 0 Å². The normalized spacial score (nSPS) is 16.9. The second-order valence-electron chi connectivity index (χ2n) is 5.30. The van der Waals surface area contributed by atoms with Gasteiger partial charge in [0.05, 0.1) is 7.11 Å². The molecule has 1 atom stereocenters. The summed E-state index contributed by atoms with van der Waals surface area (Å²) in [4.78, 5) is 11.2. The molecule has 0 fully saturated rings. The van der Waals surface area contributed by atoms with Crippen LogP contribution in [0.15, 0.2) is 30.3 Å². The van der Waals surface area contributed by atoms with Crippen LogP contribution in [0.3, 0.4) is 0 Å². The first-order valence-corrected chi connectivity index (χ1v) is 7.19. The van der Waals surface area contributed by atoms with Crippen molar-refractivity contribution in [1.29, 1.82) is 0 Å². The van der Waals surface area contributed by atoms with Crippen molar-refractivity contribution >= 4 is 11.6 Å². The summed E-state index contributed by atoms with van der Waals surface area (Å²) in [5.74, 6) is 1.72. The number of rotatable bonds is 4. The van der Waals surface area contributed by atoms with E-state index in [-0.39, 0.29) is 0 Å². The fourth-order valence-electron chi connectivity index (χ4n) is 2.88. The summed E-state index contributed by atoms with van der Waals surface area (Å²) in [5, 5.41) is 0. The number of aryl methyl sites for hydroxylation is 1. The number of hydrogen-bond donors (Lipinski definition) is 1. The van der Waals surface area contributed by atoms with Gasteiger partial charge in [-0.15, -0.1) is 0 Å². The fourth-order valence-corrected chi connectivity index (χ4v) is 2.88. The molecule has 1 aliphatic rings. The fraction of sp³-hybridized carbons (Fsp3) is 0.375. The quantitative estimate of drug-likeness (QED) is 0.934. The molecule has 0 saturated carbocycles. The van der Waals surface area contributed by atoms with Crippen molar-refractivity contribution in [1.82, 2.24) is 9.97 Å². The highest BCUT2D eigenvalue weighted by molar-refractivity contribution is 5.67. The molecule has 0 amide bonds. The van der Waals surface area contributed by atoms with E-state index < -0.39 is 0 Å². The van der Waals surface area contributed by atoms with Crippen LogP contribution in [0.4, 0.5) is 11.6 Å². The summed E-state index contributed by atoms with van der Waals surface area (Å²) < 4.78 is 5.26. The molecule has 2 aromatic rings. The molecule has 0 saturated heterocycles. The van der Waals surface area contributed by atoms with E-state index in [2.05, 4.69) is 33.1 Å². The van der Waals surface area contributed by atoms with Crippen LogP contribution >= 0.6 is 0 Å². The SMILES string of the molecule is COc1cc(C)nc(N2CC(CCN)c3ccccc32)n1. The maximum Gasteiger partial charge on any atom is 0.233 e. The van der Waals surface area contributed by atoms with Crippen LogP contribution in [-0.2, 0) is 0 Å². The number of hydrogen-bond acceptors (Lipinski definition) is 5. The van der Waals surface area contributed by atoms with Gasteiger partial charge in [-0.25, -0.2) is 4.98 Å². The van der Waals surface area contributed by atoms with Crippen molar-refractivity contribution in [2.24, 2.45) is 5.73 Å². The molecule has 0 spiro atoms. The number of aromatic nitrogens is 2. The Balaban J connectivity index is 2.02. The zero-order valence-corrected chi connectivity index (χ0v) is 12.4. The second-order valence-corrected chi connectivity index (χ2v) is 5.30. The molecule has 2 N–H and O–H groups in total. The number of nitrogens with zero attached hydrogens (tertiary/aromatic N) is 3. The number of nitrogens with two attached hydrogens (primary N) is 1. The zero-order chi connectivity index (χ0) is 14.8. The van der Waals surface area contributed by atoms with Gasteiger partial charge in [0.2, 0.25) is 11.8 Å². The molecule has 3 rings (SSSR count). The maximum absolute atomic E-state index is 5.75. The summed E-state index contributed by atoms with van der Waals surface area (Å²) in [6.07, 6.45) is 0.969. The van der Waals surface area contributed by atoms with Crippen LogP contribution in [0.2, 0.25) is 0 Å². The van der Waals surface area contributed by atoms with Gasteiger partial charge < -0.3 is 15.4 Å². The summed E-state index contributed by atoms with van der Waals surface area (Å²) in [7, 11) is 1.63. The summed E-state index contributed by atoms with van der Waals surface area (Å²) in [6.45, 7) is 3.50. The molecule has 21 heavy (non-hydrogen) atoms. The molecule has 1 aromatic carbocycles. The Hall–Kier alpha value is -2.14. The third-order valence-electron chi connectivity index (χ3n) is 3.85. The molecular weight excluding hydrogens is 264 g/mol. The number of anilines is 2. The first-order chi connectivity index (χ1) is 10.2. The van der Waals surface area contributed by atoms with Gasteiger partial charge in [-0.3, -0.25) is 0 Å². The number of ether oxygens (including phenoxy) is 1. The van der Waals surface area contributed by atoms with E-state index in [0.717, 1.165) is 18.7 Å². The maximum atomic E-state index is 5.75. The minimum Gasteiger partial charge on any atom is -0.481 e. The Kier molecular flexibility index (Phi) is 3.75. The van der Waals surface area contributed by atoms with Gasteiger partial charge in [-0.1, -0.05) is 18.2 Å². The van der Waals surface area contributed by atoms with E-state index >= 15 is 0 Å². The van der Waals surface area contributed by atoms with Crippen molar-refractivity contribution in [3.8, 4) is 5.88 Å². The standard InChI is InChI=1S/C16H20N4O/c1-11-9-15(21-2)19-16(18-11)20-10-12(7-8-17)13-5-3-4-6-14(13)20/h3-6,9,12H,7-8,10,17H2,1-2H3. The molecule has 2 heterocycles. The van der Waals surface area contributed by atoms with Gasteiger partial charge in [-0.2, -0.15) is 4.98 Å². The van der Waals surface area contributed by atoms with E-state index in [0.29, 0.717) is 24.3 Å². The van der Waals surface area contributed by atoms with Crippen molar-refractivity contribution < 1.29 is 4.74 Å². The Morgan fingerprint density at radius 3 is 2.90 bits per heavy atom. The monoisotopic (exact) mass is 284 g/mol. The van der Waals surface area contributed by atoms with Crippen LogP contribution in [0.25, 0.3) is 0 Å². The zero-order valence-electron chi connectivity index (χ0n) is 12.4. The number of para-hydroxylation sites is 1. The van der Waals surface area contributed by atoms with Gasteiger partial charge in [0.15, 0.2) is 0 Å². The highest BCUT2D eigenvalue weighted by atomic mass is 16.5. The van der Waals surface area contributed by atoms with Crippen LogP contribution in [-0.4, -0.2) is 30.2 Å². The number of fused-ring (bicyclic) bond motifs is 1. The molecular formula is C16H20N4O. The first kappa shape index (κ1) is 13.8. The summed E-state index contributed by atoms with van der Waals surface area (Å²) in [6, 6.07) is 10.2. The number of methoxy groups -OCH3 is 1. The predicted octanol–water partition coefficient (Wildman–Crippen LogP) is 2.38. The van der Waals surface area contributed by atoms with E-state index in [1.54, 1.807) is 7.11 Å². The Morgan fingerprint density at radius 2 is 2.14 bits per heavy atom. The van der Waals surface area contributed by atoms with Gasteiger partial charge in [-0.05, 0) is 31.5 Å². The van der Waals surface area contributed by atoms with Gasteiger partial charge in [0.1, 0.15) is 0 Å². The van der Waals surface area contributed by atoms with Crippen molar-refractivity contribution in [3.05, 3.63) is 41.6 Å². The van der Waals surface area contributed by atoms with Crippen molar-refractivity contribution in [2.75, 3.05) is 25.1 Å². The molecule has 1 aromatic heterocycles. The Morgan fingerprint density at radius 1 is 1.33 bits per heavy atom. The van der Waals surface area contributed by atoms with Gasteiger partial charge in [0.25, 0.3) is 0 Å². The molecule has 0 radical (unpaired) electrons. The highest BCUT2D eigenvalue weighted by Gasteiger charge is 2.30. The smallest absolute Gasteiger partial charge is 0.233 e. The Bertz CT molecular complexity index is 644. The molecule has 5 heteroatoms. The lowest BCUT2D eigenvalue weighted by atomic mass is 9.98. The van der Waals surface area contributed by atoms with E-state index in [1.807, 2.05) is 19.1 Å². The molecule has 0 bridgehead atoms. The minimum absolute atomic E-state index is 0.432. The van der Waals surface area contributed by atoms with Crippen LogP contribution in [0.5, 0.6) is 5.88 Å². The van der Waals surface area contributed by atoms with Crippen LogP contribution in [0, 0.1) is 6.92 Å². The minimum atomic E-state index is 0.432. The molecule has 1 aliphatic heterocycles. The van der Waals surface area contributed by atoms with E-state index in [1.165, 1.54) is 11.3 Å². The lowest BCUT2D eigenvalue weighted by molar-refractivity contribution is 0.396. The van der Waals surface area contributed by atoms with Gasteiger partial charge in [0, 0.05) is 29.9 Å². The molecule has 1 unspecified atom stereocenters.